The fraction of sp³-hybridized carbons (Fsp3) is 0.278. The Morgan fingerprint density at radius 2 is 1.77 bits per heavy atom. The normalized spacial score (nSPS) is 10.2. The molecule has 0 bridgehead atoms. The number of rotatable bonds is 4. The first-order chi connectivity index (χ1) is 10.0. The molecule has 3 nitrogen and oxygen atoms in total. The van der Waals surface area contributed by atoms with Crippen LogP contribution in [-0.4, -0.2) is 5.91 Å². The summed E-state index contributed by atoms with van der Waals surface area (Å²) in [4.78, 5) is 12.4. The number of para-hydroxylation sites is 1. The van der Waals surface area contributed by atoms with Crippen LogP contribution in [0.2, 0.25) is 0 Å². The minimum Gasteiger partial charge on any atom is -0.326 e. The summed E-state index contributed by atoms with van der Waals surface area (Å²) >= 11 is 0. The third-order valence-electron chi connectivity index (χ3n) is 3.62. The Balaban J connectivity index is 0.00000242. The molecule has 0 aliphatic carbocycles. The maximum atomic E-state index is 12.4. The van der Waals surface area contributed by atoms with Crippen LogP contribution in [0, 0.1) is 6.92 Å². The third kappa shape index (κ3) is 4.09. The fourth-order valence-corrected chi connectivity index (χ4v) is 2.32. The molecule has 22 heavy (non-hydrogen) atoms. The molecule has 4 heteroatoms. The molecule has 0 aliphatic heterocycles. The molecule has 0 fully saturated rings. The second kappa shape index (κ2) is 7.97. The Kier molecular flexibility index (Phi) is 6.60. The van der Waals surface area contributed by atoms with Gasteiger partial charge in [-0.05, 0) is 41.7 Å². The molecule has 0 atom stereocenters. The highest BCUT2D eigenvalue weighted by Crippen LogP contribution is 2.27. The minimum absolute atomic E-state index is 0. The number of hydrogen-bond donors (Lipinski definition) is 2. The van der Waals surface area contributed by atoms with Crippen LogP contribution in [0.5, 0.6) is 0 Å². The molecule has 0 aromatic heterocycles. The molecule has 0 saturated heterocycles. The first-order valence-corrected chi connectivity index (χ1v) is 7.22. The smallest absolute Gasteiger partial charge is 0.255 e. The van der Waals surface area contributed by atoms with E-state index in [-0.39, 0.29) is 18.3 Å². The van der Waals surface area contributed by atoms with Crippen LogP contribution in [0.1, 0.15) is 46.8 Å². The van der Waals surface area contributed by atoms with Gasteiger partial charge in [0, 0.05) is 17.8 Å². The van der Waals surface area contributed by atoms with Crippen LogP contribution >= 0.6 is 12.4 Å². The molecule has 0 aliphatic rings. The van der Waals surface area contributed by atoms with Gasteiger partial charge in [-0.25, -0.2) is 0 Å². The summed E-state index contributed by atoms with van der Waals surface area (Å²) in [5.41, 5.74) is 10.4. The highest BCUT2D eigenvalue weighted by Gasteiger charge is 2.13. The Morgan fingerprint density at radius 1 is 1.14 bits per heavy atom. The SMILES string of the molecule is Cc1cccc(C(C)C)c1NC(=O)c1ccc(CN)cc1.Cl. The summed E-state index contributed by atoms with van der Waals surface area (Å²) in [6, 6.07) is 13.5. The number of anilines is 1. The topological polar surface area (TPSA) is 55.1 Å². The summed E-state index contributed by atoms with van der Waals surface area (Å²) < 4.78 is 0. The van der Waals surface area contributed by atoms with Crippen LogP contribution in [-0.2, 0) is 6.54 Å². The fourth-order valence-electron chi connectivity index (χ4n) is 2.32. The van der Waals surface area contributed by atoms with Gasteiger partial charge >= 0.3 is 0 Å². The van der Waals surface area contributed by atoms with Crippen LogP contribution in [0.15, 0.2) is 42.5 Å². The Bertz CT molecular complexity index is 636. The van der Waals surface area contributed by atoms with E-state index in [2.05, 4.69) is 25.2 Å². The molecule has 0 radical (unpaired) electrons. The summed E-state index contributed by atoms with van der Waals surface area (Å²) in [6.07, 6.45) is 0. The number of aryl methyl sites for hydroxylation is 1. The number of halogens is 1. The van der Waals surface area contributed by atoms with E-state index in [0.29, 0.717) is 18.0 Å². The van der Waals surface area contributed by atoms with Crippen molar-refractivity contribution in [1.29, 1.82) is 0 Å². The number of nitrogens with one attached hydrogen (secondary N) is 1. The first kappa shape index (κ1) is 18.2. The van der Waals surface area contributed by atoms with Gasteiger partial charge in [0.2, 0.25) is 0 Å². The number of amides is 1. The second-order valence-corrected chi connectivity index (χ2v) is 5.55. The monoisotopic (exact) mass is 318 g/mol. The predicted molar refractivity (Wildman–Crippen MR) is 94.8 cm³/mol. The standard InChI is InChI=1S/C18H22N2O.ClH/c1-12(2)16-6-4-5-13(3)17(16)20-18(21)15-9-7-14(11-19)8-10-15;/h4-10,12H,11,19H2,1-3H3,(H,20,21);1H. The average molecular weight is 319 g/mol. The molecule has 2 aromatic carbocycles. The summed E-state index contributed by atoms with van der Waals surface area (Å²) in [5, 5.41) is 3.04. The van der Waals surface area contributed by atoms with E-state index in [1.807, 2.05) is 43.3 Å². The lowest BCUT2D eigenvalue weighted by molar-refractivity contribution is 0.102. The number of nitrogens with two attached hydrogens (primary N) is 1. The molecule has 0 spiro atoms. The van der Waals surface area contributed by atoms with E-state index in [4.69, 9.17) is 5.73 Å². The number of benzene rings is 2. The summed E-state index contributed by atoms with van der Waals surface area (Å²) in [5.74, 6) is 0.273. The molecule has 0 saturated carbocycles. The van der Waals surface area contributed by atoms with E-state index in [1.54, 1.807) is 0 Å². The Hall–Kier alpha value is -1.84. The molecule has 118 valence electrons. The van der Waals surface area contributed by atoms with Crippen molar-refractivity contribution >= 4 is 24.0 Å². The van der Waals surface area contributed by atoms with Crippen LogP contribution in [0.3, 0.4) is 0 Å². The van der Waals surface area contributed by atoms with Crippen molar-refractivity contribution in [2.24, 2.45) is 5.73 Å². The van der Waals surface area contributed by atoms with Gasteiger partial charge in [0.15, 0.2) is 0 Å². The van der Waals surface area contributed by atoms with Crippen LogP contribution in [0.4, 0.5) is 5.69 Å². The van der Waals surface area contributed by atoms with Gasteiger partial charge in [0.25, 0.3) is 5.91 Å². The van der Waals surface area contributed by atoms with E-state index in [9.17, 15) is 4.79 Å². The molecular formula is C18H23ClN2O. The van der Waals surface area contributed by atoms with Gasteiger partial charge < -0.3 is 11.1 Å². The molecular weight excluding hydrogens is 296 g/mol. The lowest BCUT2D eigenvalue weighted by Crippen LogP contribution is -2.15. The first-order valence-electron chi connectivity index (χ1n) is 7.22. The number of hydrogen-bond acceptors (Lipinski definition) is 2. The van der Waals surface area contributed by atoms with E-state index < -0.39 is 0 Å². The van der Waals surface area contributed by atoms with Gasteiger partial charge in [-0.3, -0.25) is 4.79 Å². The van der Waals surface area contributed by atoms with Crippen molar-refractivity contribution in [3.8, 4) is 0 Å². The maximum Gasteiger partial charge on any atom is 0.255 e. The average Bonchev–Trinajstić information content (AvgIpc) is 2.49. The second-order valence-electron chi connectivity index (χ2n) is 5.55. The van der Waals surface area contributed by atoms with Crippen molar-refractivity contribution < 1.29 is 4.79 Å². The van der Waals surface area contributed by atoms with E-state index in [1.165, 1.54) is 0 Å². The minimum atomic E-state index is -0.0882. The van der Waals surface area contributed by atoms with Crippen LogP contribution in [0.25, 0.3) is 0 Å². The Labute approximate surface area is 138 Å². The summed E-state index contributed by atoms with van der Waals surface area (Å²) in [6.45, 7) is 6.75. The van der Waals surface area contributed by atoms with E-state index >= 15 is 0 Å². The van der Waals surface area contributed by atoms with Gasteiger partial charge in [0.05, 0.1) is 0 Å². The van der Waals surface area contributed by atoms with E-state index in [0.717, 1.165) is 22.4 Å². The lowest BCUT2D eigenvalue weighted by Gasteiger charge is -2.16. The van der Waals surface area contributed by atoms with Crippen molar-refractivity contribution in [1.82, 2.24) is 0 Å². The highest BCUT2D eigenvalue weighted by molar-refractivity contribution is 6.05. The molecule has 2 rings (SSSR count). The molecule has 0 unspecified atom stereocenters. The zero-order valence-corrected chi connectivity index (χ0v) is 14.0. The molecule has 1 amide bonds. The molecule has 3 N–H and O–H groups in total. The Morgan fingerprint density at radius 3 is 2.32 bits per heavy atom. The van der Waals surface area contributed by atoms with Crippen molar-refractivity contribution in [2.75, 3.05) is 5.32 Å². The summed E-state index contributed by atoms with van der Waals surface area (Å²) in [7, 11) is 0. The van der Waals surface area contributed by atoms with Gasteiger partial charge in [0.1, 0.15) is 0 Å². The van der Waals surface area contributed by atoms with Crippen molar-refractivity contribution in [3.05, 3.63) is 64.7 Å². The number of carbonyl (C=O) groups excluding carboxylic acids is 1. The third-order valence-corrected chi connectivity index (χ3v) is 3.62. The van der Waals surface area contributed by atoms with Crippen molar-refractivity contribution in [2.45, 2.75) is 33.2 Å². The van der Waals surface area contributed by atoms with Gasteiger partial charge in [-0.15, -0.1) is 12.4 Å². The largest absolute Gasteiger partial charge is 0.326 e. The zero-order valence-electron chi connectivity index (χ0n) is 13.2. The highest BCUT2D eigenvalue weighted by atomic mass is 35.5. The molecule has 0 heterocycles. The molecule has 2 aromatic rings. The van der Waals surface area contributed by atoms with Crippen molar-refractivity contribution in [3.63, 3.8) is 0 Å². The predicted octanol–water partition coefficient (Wildman–Crippen LogP) is 4.25. The van der Waals surface area contributed by atoms with Gasteiger partial charge in [-0.1, -0.05) is 44.2 Å². The van der Waals surface area contributed by atoms with Crippen LogP contribution < -0.4 is 11.1 Å². The zero-order chi connectivity index (χ0) is 15.4. The maximum absolute atomic E-state index is 12.4. The number of carbonyl (C=O) groups is 1. The van der Waals surface area contributed by atoms with Gasteiger partial charge in [-0.2, -0.15) is 0 Å². The lowest BCUT2D eigenvalue weighted by atomic mass is 9.98. The quantitative estimate of drug-likeness (QED) is 0.885.